The highest BCUT2D eigenvalue weighted by molar-refractivity contribution is 5.88. The summed E-state index contributed by atoms with van der Waals surface area (Å²) in [5.74, 6) is 0.538. The van der Waals surface area contributed by atoms with E-state index in [9.17, 15) is 4.79 Å². The third-order valence-electron chi connectivity index (χ3n) is 4.23. The van der Waals surface area contributed by atoms with Gasteiger partial charge in [0.1, 0.15) is 0 Å². The number of primary amides is 1. The molecule has 0 spiro atoms. The van der Waals surface area contributed by atoms with Crippen molar-refractivity contribution in [1.29, 1.82) is 0 Å². The first-order chi connectivity index (χ1) is 7.24. The van der Waals surface area contributed by atoms with Crippen molar-refractivity contribution in [2.75, 3.05) is 0 Å². The molecule has 0 radical (unpaired) electrons. The van der Waals surface area contributed by atoms with E-state index in [4.69, 9.17) is 5.73 Å². The second-order valence-electron chi connectivity index (χ2n) is 4.81. The quantitative estimate of drug-likeness (QED) is 0.742. The van der Waals surface area contributed by atoms with Gasteiger partial charge in [-0.25, -0.2) is 0 Å². The summed E-state index contributed by atoms with van der Waals surface area (Å²) >= 11 is 0. The maximum Gasteiger partial charge on any atom is 0.228 e. The van der Waals surface area contributed by atoms with Crippen molar-refractivity contribution >= 4 is 5.91 Å². The van der Waals surface area contributed by atoms with E-state index >= 15 is 0 Å². The van der Waals surface area contributed by atoms with E-state index in [0.29, 0.717) is 5.92 Å². The summed E-state index contributed by atoms with van der Waals surface area (Å²) in [5.41, 5.74) is 7.85. The van der Waals surface area contributed by atoms with Crippen LogP contribution in [0.3, 0.4) is 0 Å². The van der Waals surface area contributed by atoms with Crippen molar-refractivity contribution in [3.8, 4) is 0 Å². The molecule has 2 bridgehead atoms. The molecular formula is C13H15NO. The zero-order valence-corrected chi connectivity index (χ0v) is 8.70. The van der Waals surface area contributed by atoms with Crippen LogP contribution in [0.15, 0.2) is 24.3 Å². The average Bonchev–Trinajstić information content (AvgIpc) is 2.31. The van der Waals surface area contributed by atoms with E-state index < -0.39 is 0 Å². The van der Waals surface area contributed by atoms with Gasteiger partial charge < -0.3 is 5.73 Å². The molecule has 2 N–H and O–H groups in total. The van der Waals surface area contributed by atoms with Gasteiger partial charge in [-0.3, -0.25) is 4.79 Å². The summed E-state index contributed by atoms with van der Waals surface area (Å²) in [7, 11) is 0. The lowest BCUT2D eigenvalue weighted by Gasteiger charge is -2.45. The first-order valence-corrected chi connectivity index (χ1v) is 5.63. The third-order valence-corrected chi connectivity index (χ3v) is 4.23. The number of hydrogen-bond donors (Lipinski definition) is 1. The normalized spacial score (nSPS) is 32.4. The van der Waals surface area contributed by atoms with Crippen LogP contribution in [0.5, 0.6) is 0 Å². The Hall–Kier alpha value is -1.31. The maximum absolute atomic E-state index is 11.7. The zero-order valence-electron chi connectivity index (χ0n) is 8.70. The topological polar surface area (TPSA) is 43.1 Å². The number of rotatable bonds is 1. The summed E-state index contributed by atoms with van der Waals surface area (Å²) in [5, 5.41) is 0. The van der Waals surface area contributed by atoms with Gasteiger partial charge in [-0.1, -0.05) is 24.3 Å². The fourth-order valence-electron chi connectivity index (χ4n) is 3.36. The Bertz CT molecular complexity index is 416. The van der Waals surface area contributed by atoms with E-state index in [-0.39, 0.29) is 11.3 Å². The Morgan fingerprint density at radius 3 is 2.60 bits per heavy atom. The maximum atomic E-state index is 11.7. The van der Waals surface area contributed by atoms with Crippen molar-refractivity contribution in [3.05, 3.63) is 35.4 Å². The lowest BCUT2D eigenvalue weighted by molar-refractivity contribution is -0.125. The Labute approximate surface area is 89.5 Å². The first-order valence-electron chi connectivity index (χ1n) is 5.63. The number of carbonyl (C=O) groups excluding carboxylic acids is 1. The van der Waals surface area contributed by atoms with Crippen molar-refractivity contribution in [1.82, 2.24) is 0 Å². The molecule has 3 aliphatic carbocycles. The molecule has 1 amide bonds. The van der Waals surface area contributed by atoms with E-state index in [2.05, 4.69) is 18.2 Å². The molecule has 0 aliphatic heterocycles. The molecule has 0 heterocycles. The highest BCUT2D eigenvalue weighted by Gasteiger charge is 2.48. The van der Waals surface area contributed by atoms with Crippen LogP contribution in [0.25, 0.3) is 0 Å². The molecule has 78 valence electrons. The van der Waals surface area contributed by atoms with Gasteiger partial charge in [0, 0.05) is 0 Å². The van der Waals surface area contributed by atoms with E-state index in [1.807, 2.05) is 6.07 Å². The number of carbonyl (C=O) groups is 1. The Balaban J connectivity index is 2.24. The number of nitrogens with two attached hydrogens (primary N) is 1. The van der Waals surface area contributed by atoms with Crippen LogP contribution in [-0.4, -0.2) is 5.91 Å². The van der Waals surface area contributed by atoms with Gasteiger partial charge in [0.2, 0.25) is 5.91 Å². The Morgan fingerprint density at radius 1 is 1.27 bits per heavy atom. The monoisotopic (exact) mass is 201 g/mol. The minimum atomic E-state index is -0.342. The Kier molecular flexibility index (Phi) is 1.70. The zero-order chi connectivity index (χ0) is 10.5. The van der Waals surface area contributed by atoms with Gasteiger partial charge in [-0.05, 0) is 42.7 Å². The molecule has 0 saturated heterocycles. The Morgan fingerprint density at radius 2 is 1.93 bits per heavy atom. The summed E-state index contributed by atoms with van der Waals surface area (Å²) in [6.45, 7) is 0. The molecule has 2 heteroatoms. The standard InChI is InChI=1S/C13H15NO/c14-12(15)13-7-5-9(6-8-13)10-3-1-2-4-11(10)13/h1-4,9H,5-8H2,(H2,14,15). The van der Waals surface area contributed by atoms with Crippen LogP contribution in [-0.2, 0) is 10.2 Å². The summed E-state index contributed by atoms with van der Waals surface area (Å²) in [4.78, 5) is 11.7. The van der Waals surface area contributed by atoms with Gasteiger partial charge in [-0.2, -0.15) is 0 Å². The van der Waals surface area contributed by atoms with Crippen LogP contribution in [0.1, 0.15) is 42.7 Å². The van der Waals surface area contributed by atoms with Crippen LogP contribution < -0.4 is 5.73 Å². The molecule has 15 heavy (non-hydrogen) atoms. The predicted molar refractivity (Wildman–Crippen MR) is 58.5 cm³/mol. The molecule has 1 aromatic carbocycles. The average molecular weight is 201 g/mol. The minimum absolute atomic E-state index is 0.131. The van der Waals surface area contributed by atoms with Gasteiger partial charge in [0.15, 0.2) is 0 Å². The second kappa shape index (κ2) is 2.84. The summed E-state index contributed by atoms with van der Waals surface area (Å²) in [6, 6.07) is 8.33. The molecule has 3 aliphatic rings. The second-order valence-corrected chi connectivity index (χ2v) is 4.81. The predicted octanol–water partition coefficient (Wildman–Crippen LogP) is 2.08. The molecule has 0 aromatic heterocycles. The fourth-order valence-corrected chi connectivity index (χ4v) is 3.36. The van der Waals surface area contributed by atoms with Crippen molar-refractivity contribution in [2.24, 2.45) is 5.73 Å². The van der Waals surface area contributed by atoms with Crippen LogP contribution in [0.4, 0.5) is 0 Å². The van der Waals surface area contributed by atoms with Gasteiger partial charge in [0.25, 0.3) is 0 Å². The molecule has 1 saturated carbocycles. The highest BCUT2D eigenvalue weighted by Crippen LogP contribution is 2.52. The highest BCUT2D eigenvalue weighted by atomic mass is 16.1. The fraction of sp³-hybridized carbons (Fsp3) is 0.462. The smallest absolute Gasteiger partial charge is 0.228 e. The molecule has 1 fully saturated rings. The number of benzene rings is 1. The SMILES string of the molecule is NC(=O)C12CCC(CC1)c1ccccc12. The largest absolute Gasteiger partial charge is 0.369 e. The lowest BCUT2D eigenvalue weighted by Crippen LogP contribution is -2.47. The minimum Gasteiger partial charge on any atom is -0.369 e. The van der Waals surface area contributed by atoms with Crippen LogP contribution >= 0.6 is 0 Å². The molecular weight excluding hydrogens is 186 g/mol. The van der Waals surface area contributed by atoms with Crippen molar-refractivity contribution in [3.63, 3.8) is 0 Å². The van der Waals surface area contributed by atoms with Crippen LogP contribution in [0, 0.1) is 0 Å². The van der Waals surface area contributed by atoms with E-state index in [1.165, 1.54) is 11.1 Å². The molecule has 0 atom stereocenters. The van der Waals surface area contributed by atoms with Crippen molar-refractivity contribution in [2.45, 2.75) is 37.0 Å². The third kappa shape index (κ3) is 1.02. The van der Waals surface area contributed by atoms with Gasteiger partial charge >= 0.3 is 0 Å². The molecule has 2 nitrogen and oxygen atoms in total. The summed E-state index contributed by atoms with van der Waals surface area (Å²) in [6.07, 6.45) is 4.15. The van der Waals surface area contributed by atoms with Gasteiger partial charge in [-0.15, -0.1) is 0 Å². The summed E-state index contributed by atoms with van der Waals surface area (Å²) < 4.78 is 0. The molecule has 4 rings (SSSR count). The van der Waals surface area contributed by atoms with E-state index in [1.54, 1.807) is 0 Å². The van der Waals surface area contributed by atoms with Gasteiger partial charge in [0.05, 0.1) is 5.41 Å². The van der Waals surface area contributed by atoms with E-state index in [0.717, 1.165) is 25.7 Å². The van der Waals surface area contributed by atoms with Crippen LogP contribution in [0.2, 0.25) is 0 Å². The first kappa shape index (κ1) is 8.96. The number of amides is 1. The molecule has 1 aromatic rings. The number of fused-ring (bicyclic) bond motifs is 2. The number of hydrogen-bond acceptors (Lipinski definition) is 1. The lowest BCUT2D eigenvalue weighted by atomic mass is 9.57. The van der Waals surface area contributed by atoms with Crippen molar-refractivity contribution < 1.29 is 4.79 Å². The molecule has 0 unspecified atom stereocenters.